The zero-order valence-electron chi connectivity index (χ0n) is 24.8. The van der Waals surface area contributed by atoms with Gasteiger partial charge in [0, 0.05) is 32.4 Å². The molecule has 1 saturated heterocycles. The topological polar surface area (TPSA) is 94.2 Å². The van der Waals surface area contributed by atoms with Crippen LogP contribution in [0.2, 0.25) is 0 Å². The predicted molar refractivity (Wildman–Crippen MR) is 155 cm³/mol. The highest BCUT2D eigenvalue weighted by atomic mass is 19.4. The van der Waals surface area contributed by atoms with E-state index in [2.05, 4.69) is 10.1 Å². The van der Waals surface area contributed by atoms with Gasteiger partial charge in [0.1, 0.15) is 11.4 Å². The van der Waals surface area contributed by atoms with Crippen LogP contribution in [0, 0.1) is 5.92 Å². The average molecular weight is 615 g/mol. The molecule has 0 spiro atoms. The van der Waals surface area contributed by atoms with E-state index in [1.54, 1.807) is 48.5 Å². The van der Waals surface area contributed by atoms with Crippen molar-refractivity contribution in [3.63, 3.8) is 0 Å². The Bertz CT molecular complexity index is 1410. The van der Waals surface area contributed by atoms with Crippen LogP contribution in [0.5, 0.6) is 5.75 Å². The zero-order valence-corrected chi connectivity index (χ0v) is 24.8. The van der Waals surface area contributed by atoms with Crippen molar-refractivity contribution in [3.8, 4) is 5.75 Å². The van der Waals surface area contributed by atoms with E-state index in [9.17, 15) is 27.6 Å². The van der Waals surface area contributed by atoms with Crippen LogP contribution in [0.4, 0.5) is 13.2 Å². The highest BCUT2D eigenvalue weighted by molar-refractivity contribution is 5.96. The maximum Gasteiger partial charge on any atom is 0.573 e. The van der Waals surface area contributed by atoms with Crippen LogP contribution in [0.3, 0.4) is 0 Å². The van der Waals surface area contributed by atoms with Gasteiger partial charge in [0.2, 0.25) is 0 Å². The van der Waals surface area contributed by atoms with E-state index in [1.807, 2.05) is 11.0 Å². The van der Waals surface area contributed by atoms with Crippen LogP contribution in [-0.2, 0) is 29.3 Å². The molecule has 2 aromatic rings. The van der Waals surface area contributed by atoms with E-state index in [-0.39, 0.29) is 13.0 Å². The molecule has 5 rings (SSSR count). The number of ether oxygens (including phenoxy) is 3. The molecule has 0 aromatic heterocycles. The second-order valence-corrected chi connectivity index (χ2v) is 12.0. The van der Waals surface area contributed by atoms with Gasteiger partial charge in [-0.05, 0) is 73.8 Å². The first-order chi connectivity index (χ1) is 20.9. The predicted octanol–water partition coefficient (Wildman–Crippen LogP) is 5.86. The molecule has 1 amide bonds. The molecule has 236 valence electrons. The Morgan fingerprint density at radius 1 is 1.00 bits per heavy atom. The third-order valence-corrected chi connectivity index (χ3v) is 8.77. The van der Waals surface area contributed by atoms with Crippen molar-refractivity contribution in [2.75, 3.05) is 13.1 Å². The maximum absolute atomic E-state index is 13.6. The van der Waals surface area contributed by atoms with E-state index in [4.69, 9.17) is 9.47 Å². The van der Waals surface area contributed by atoms with Crippen LogP contribution < -0.4 is 10.1 Å². The number of carbonyl (C=O) groups is 3. The summed E-state index contributed by atoms with van der Waals surface area (Å²) < 4.78 is 56.3. The Labute approximate surface area is 254 Å². The number of hydrogen-bond donors (Lipinski definition) is 1. The van der Waals surface area contributed by atoms with Crippen LogP contribution in [0.25, 0.3) is 6.08 Å². The number of amides is 1. The number of benzene rings is 2. The number of rotatable bonds is 9. The third-order valence-electron chi connectivity index (χ3n) is 8.77. The molecule has 2 saturated carbocycles. The van der Waals surface area contributed by atoms with Crippen LogP contribution in [0.15, 0.2) is 60.4 Å². The van der Waals surface area contributed by atoms with Crippen molar-refractivity contribution >= 4 is 23.9 Å². The molecule has 1 aliphatic heterocycles. The molecule has 2 aromatic carbocycles. The summed E-state index contributed by atoms with van der Waals surface area (Å²) in [6.07, 6.45) is 0.348. The lowest BCUT2D eigenvalue weighted by atomic mass is 9.55. The molecule has 44 heavy (non-hydrogen) atoms. The van der Waals surface area contributed by atoms with Crippen molar-refractivity contribution in [1.82, 2.24) is 10.2 Å². The fourth-order valence-electron chi connectivity index (χ4n) is 6.88. The van der Waals surface area contributed by atoms with Crippen LogP contribution >= 0.6 is 0 Å². The Hall–Kier alpha value is -3.86. The van der Waals surface area contributed by atoms with Gasteiger partial charge < -0.3 is 19.5 Å². The SMILES string of the molecule is CC(=O)Oc1cccc([C@@]23CCCCC2(OC(C)=O)CN(CC2CC2)[C@H](NC(=O)C(=Cc2ccccc2)OC(F)(F)F)C3)c1. The van der Waals surface area contributed by atoms with Gasteiger partial charge in [-0.15, -0.1) is 13.2 Å². The third kappa shape index (κ3) is 7.26. The largest absolute Gasteiger partial charge is 0.573 e. The summed E-state index contributed by atoms with van der Waals surface area (Å²) in [7, 11) is 0. The number of esters is 2. The Balaban J connectivity index is 1.56. The fraction of sp³-hybridized carbons (Fsp3) is 0.485. The first kappa shape index (κ1) is 31.6. The van der Waals surface area contributed by atoms with E-state index in [1.165, 1.54) is 13.8 Å². The van der Waals surface area contributed by atoms with Gasteiger partial charge in [0.25, 0.3) is 5.91 Å². The summed E-state index contributed by atoms with van der Waals surface area (Å²) in [6, 6.07) is 15.2. The molecule has 3 aliphatic rings. The standard InChI is InChI=1S/C33H37F3N2O6/c1-22(39)42-27-12-8-11-26(18-27)31-15-6-7-16-32(31,43-23(2)40)21-38(20-25-13-14-25)29(19-31)37-30(41)28(44-33(34,35)36)17-24-9-4-3-5-10-24/h3-5,8-12,17-18,25,29H,6-7,13-16,19-21H2,1-2H3,(H,37,41)/t29-,31-,32?/m0/s1. The van der Waals surface area contributed by atoms with Gasteiger partial charge in [-0.25, -0.2) is 0 Å². The minimum Gasteiger partial charge on any atom is -0.457 e. The first-order valence-corrected chi connectivity index (χ1v) is 14.9. The monoisotopic (exact) mass is 614 g/mol. The van der Waals surface area contributed by atoms with Gasteiger partial charge in [-0.2, -0.15) is 0 Å². The lowest BCUT2D eigenvalue weighted by Gasteiger charge is -2.60. The average Bonchev–Trinajstić information content (AvgIpc) is 3.76. The van der Waals surface area contributed by atoms with Crippen molar-refractivity contribution in [2.24, 2.45) is 5.92 Å². The highest BCUT2D eigenvalue weighted by Crippen LogP contribution is 2.55. The molecular weight excluding hydrogens is 577 g/mol. The van der Waals surface area contributed by atoms with Gasteiger partial charge in [-0.3, -0.25) is 19.3 Å². The molecule has 3 fully saturated rings. The molecule has 11 heteroatoms. The minimum atomic E-state index is -5.08. The van der Waals surface area contributed by atoms with Crippen molar-refractivity contribution in [3.05, 3.63) is 71.5 Å². The van der Waals surface area contributed by atoms with Crippen molar-refractivity contribution < 1.29 is 41.8 Å². The summed E-state index contributed by atoms with van der Waals surface area (Å²) >= 11 is 0. The number of likely N-dealkylation sites (tertiary alicyclic amines) is 1. The number of nitrogens with zero attached hydrogens (tertiary/aromatic N) is 1. The van der Waals surface area contributed by atoms with E-state index < -0.39 is 47.1 Å². The molecule has 0 bridgehead atoms. The normalized spacial score (nSPS) is 25.8. The molecule has 1 N–H and O–H groups in total. The molecule has 1 heterocycles. The summed E-state index contributed by atoms with van der Waals surface area (Å²) in [4.78, 5) is 40.0. The quantitative estimate of drug-likeness (QED) is 0.164. The molecule has 2 aliphatic carbocycles. The maximum atomic E-state index is 13.6. The lowest BCUT2D eigenvalue weighted by molar-refractivity contribution is -0.304. The second kappa shape index (κ2) is 12.6. The summed E-state index contributed by atoms with van der Waals surface area (Å²) in [5.41, 5.74) is -0.638. The molecule has 0 radical (unpaired) electrons. The van der Waals surface area contributed by atoms with Gasteiger partial charge in [0.05, 0.1) is 6.17 Å². The summed E-state index contributed by atoms with van der Waals surface area (Å²) in [5.74, 6) is -2.09. The number of halogens is 3. The minimum absolute atomic E-state index is 0.257. The fourth-order valence-corrected chi connectivity index (χ4v) is 6.88. The smallest absolute Gasteiger partial charge is 0.457 e. The Kier molecular flexibility index (Phi) is 9.06. The van der Waals surface area contributed by atoms with E-state index >= 15 is 0 Å². The lowest BCUT2D eigenvalue weighted by Crippen LogP contribution is -2.71. The highest BCUT2D eigenvalue weighted by Gasteiger charge is 2.61. The molecule has 8 nitrogen and oxygen atoms in total. The van der Waals surface area contributed by atoms with Gasteiger partial charge >= 0.3 is 18.3 Å². The van der Waals surface area contributed by atoms with Gasteiger partial charge in [-0.1, -0.05) is 48.9 Å². The van der Waals surface area contributed by atoms with E-state index in [0.29, 0.717) is 36.6 Å². The second-order valence-electron chi connectivity index (χ2n) is 12.0. The summed E-state index contributed by atoms with van der Waals surface area (Å²) in [5, 5.41) is 2.86. The van der Waals surface area contributed by atoms with Crippen molar-refractivity contribution in [1.29, 1.82) is 0 Å². The number of carbonyl (C=O) groups excluding carboxylic acids is 3. The Morgan fingerprint density at radius 2 is 1.73 bits per heavy atom. The number of hydrogen-bond acceptors (Lipinski definition) is 7. The number of fused-ring (bicyclic) bond motifs is 1. The zero-order chi connectivity index (χ0) is 31.5. The molecule has 3 atom stereocenters. The number of alkyl halides is 3. The summed E-state index contributed by atoms with van der Waals surface area (Å²) in [6.45, 7) is 3.55. The molecular formula is C33H37F3N2O6. The van der Waals surface area contributed by atoms with Crippen molar-refractivity contribution in [2.45, 2.75) is 82.3 Å². The first-order valence-electron chi connectivity index (χ1n) is 14.9. The number of nitrogens with one attached hydrogen (secondary N) is 1. The Morgan fingerprint density at radius 3 is 2.39 bits per heavy atom. The van der Waals surface area contributed by atoms with Crippen LogP contribution in [-0.4, -0.2) is 54.0 Å². The van der Waals surface area contributed by atoms with E-state index in [0.717, 1.165) is 37.3 Å². The van der Waals surface area contributed by atoms with Gasteiger partial charge in [0.15, 0.2) is 5.76 Å². The number of piperidine rings is 1. The van der Waals surface area contributed by atoms with Crippen LogP contribution in [0.1, 0.15) is 69.9 Å². The molecule has 1 unspecified atom stereocenters.